The Balaban J connectivity index is 1.34. The number of rotatable bonds is 5. The number of hydrogen-bond donors (Lipinski definition) is 1. The summed E-state index contributed by atoms with van der Waals surface area (Å²) in [5.74, 6) is 1.27. The first-order chi connectivity index (χ1) is 9.31. The molecule has 0 unspecified atom stereocenters. The Bertz CT molecular complexity index is 303. The molecule has 1 saturated heterocycles. The normalized spacial score (nSPS) is 26.0. The molecule has 0 spiro atoms. The van der Waals surface area contributed by atoms with Crippen LogP contribution >= 0.6 is 0 Å². The van der Waals surface area contributed by atoms with Crippen LogP contribution in [0.15, 0.2) is 0 Å². The van der Waals surface area contributed by atoms with Crippen LogP contribution in [0.3, 0.4) is 0 Å². The van der Waals surface area contributed by atoms with E-state index in [0.717, 1.165) is 32.1 Å². The Morgan fingerprint density at radius 2 is 1.68 bits per heavy atom. The summed E-state index contributed by atoms with van der Waals surface area (Å²) < 4.78 is 0. The zero-order chi connectivity index (χ0) is 13.1. The van der Waals surface area contributed by atoms with Gasteiger partial charge in [-0.25, -0.2) is 0 Å². The second-order valence-corrected chi connectivity index (χ2v) is 6.49. The van der Waals surface area contributed by atoms with Gasteiger partial charge in [-0.3, -0.25) is 9.69 Å². The molecular formula is C15H27N3O. The maximum Gasteiger partial charge on any atom is 0.236 e. The topological polar surface area (TPSA) is 35.6 Å². The molecule has 0 bridgehead atoms. The molecule has 0 atom stereocenters. The maximum atomic E-state index is 12.1. The van der Waals surface area contributed by atoms with Crippen molar-refractivity contribution in [3.63, 3.8) is 0 Å². The zero-order valence-corrected chi connectivity index (χ0v) is 11.9. The zero-order valence-electron chi connectivity index (χ0n) is 11.9. The average molecular weight is 265 g/mol. The maximum absolute atomic E-state index is 12.1. The fourth-order valence-corrected chi connectivity index (χ4v) is 3.32. The van der Waals surface area contributed by atoms with Crippen LogP contribution in [0.25, 0.3) is 0 Å². The molecule has 3 aliphatic rings. The van der Waals surface area contributed by atoms with Crippen molar-refractivity contribution in [2.24, 2.45) is 5.92 Å². The number of carbonyl (C=O) groups excluding carboxylic acids is 1. The molecule has 0 radical (unpaired) electrons. The van der Waals surface area contributed by atoms with Crippen molar-refractivity contribution >= 4 is 5.91 Å². The first-order valence-electron chi connectivity index (χ1n) is 8.05. The van der Waals surface area contributed by atoms with Gasteiger partial charge in [-0.2, -0.15) is 0 Å². The summed E-state index contributed by atoms with van der Waals surface area (Å²) in [6, 6.07) is 0.597. The predicted octanol–water partition coefficient (Wildman–Crippen LogP) is 1.07. The third kappa shape index (κ3) is 3.93. The highest BCUT2D eigenvalue weighted by Crippen LogP contribution is 2.29. The standard InChI is InChI=1S/C15H27N3O/c19-15(11-16-14-3-1-2-4-14)18-9-7-17(8-10-18)12-13-5-6-13/h13-14,16H,1-12H2. The van der Waals surface area contributed by atoms with Gasteiger partial charge >= 0.3 is 0 Å². The Morgan fingerprint density at radius 3 is 2.32 bits per heavy atom. The lowest BCUT2D eigenvalue weighted by Crippen LogP contribution is -2.51. The molecule has 108 valence electrons. The molecule has 0 aromatic rings. The van der Waals surface area contributed by atoms with E-state index in [0.29, 0.717) is 18.5 Å². The second kappa shape index (κ2) is 6.23. The van der Waals surface area contributed by atoms with Gasteiger partial charge in [0.15, 0.2) is 0 Å². The molecular weight excluding hydrogens is 238 g/mol. The quantitative estimate of drug-likeness (QED) is 0.808. The van der Waals surface area contributed by atoms with E-state index in [-0.39, 0.29) is 0 Å². The second-order valence-electron chi connectivity index (χ2n) is 6.49. The molecule has 2 aliphatic carbocycles. The van der Waals surface area contributed by atoms with Gasteiger partial charge in [-0.15, -0.1) is 0 Å². The summed E-state index contributed by atoms with van der Waals surface area (Å²) in [5.41, 5.74) is 0. The van der Waals surface area contributed by atoms with Crippen LogP contribution in [0.4, 0.5) is 0 Å². The average Bonchev–Trinajstić information content (AvgIpc) is 3.09. The molecule has 0 aromatic heterocycles. The molecule has 19 heavy (non-hydrogen) atoms. The van der Waals surface area contributed by atoms with Crippen LogP contribution < -0.4 is 5.32 Å². The monoisotopic (exact) mass is 265 g/mol. The molecule has 1 aliphatic heterocycles. The number of hydrogen-bond acceptors (Lipinski definition) is 3. The Morgan fingerprint density at radius 1 is 1.00 bits per heavy atom. The van der Waals surface area contributed by atoms with E-state index in [1.54, 1.807) is 0 Å². The smallest absolute Gasteiger partial charge is 0.236 e. The molecule has 3 rings (SSSR count). The first-order valence-corrected chi connectivity index (χ1v) is 8.05. The minimum atomic E-state index is 0.304. The molecule has 2 saturated carbocycles. The summed E-state index contributed by atoms with van der Waals surface area (Å²) in [6.45, 7) is 5.82. The van der Waals surface area contributed by atoms with Crippen LogP contribution in [-0.4, -0.2) is 61.0 Å². The van der Waals surface area contributed by atoms with Gasteiger partial charge in [-0.1, -0.05) is 12.8 Å². The Kier molecular flexibility index (Phi) is 4.38. The highest BCUT2D eigenvalue weighted by atomic mass is 16.2. The summed E-state index contributed by atoms with van der Waals surface area (Å²) in [5, 5.41) is 3.43. The SMILES string of the molecule is O=C(CNC1CCCC1)N1CCN(CC2CC2)CC1. The minimum absolute atomic E-state index is 0.304. The lowest BCUT2D eigenvalue weighted by atomic mass is 10.2. The third-order valence-corrected chi connectivity index (χ3v) is 4.84. The van der Waals surface area contributed by atoms with Gasteiger partial charge < -0.3 is 10.2 Å². The first kappa shape index (κ1) is 13.4. The van der Waals surface area contributed by atoms with Crippen molar-refractivity contribution in [2.45, 2.75) is 44.6 Å². The third-order valence-electron chi connectivity index (χ3n) is 4.84. The fraction of sp³-hybridized carbons (Fsp3) is 0.933. The Labute approximate surface area is 116 Å². The van der Waals surface area contributed by atoms with Gasteiger partial charge in [0.1, 0.15) is 0 Å². The molecule has 1 amide bonds. The number of nitrogens with zero attached hydrogens (tertiary/aromatic N) is 2. The van der Waals surface area contributed by atoms with Crippen LogP contribution in [-0.2, 0) is 4.79 Å². The lowest BCUT2D eigenvalue weighted by Gasteiger charge is -2.35. The summed E-state index contributed by atoms with van der Waals surface area (Å²) >= 11 is 0. The van der Waals surface area contributed by atoms with Crippen LogP contribution in [0.5, 0.6) is 0 Å². The molecule has 1 N–H and O–H groups in total. The summed E-state index contributed by atoms with van der Waals surface area (Å²) in [4.78, 5) is 16.7. The van der Waals surface area contributed by atoms with E-state index in [4.69, 9.17) is 0 Å². The van der Waals surface area contributed by atoms with Crippen molar-refractivity contribution in [2.75, 3.05) is 39.3 Å². The highest BCUT2D eigenvalue weighted by molar-refractivity contribution is 5.78. The Hall–Kier alpha value is -0.610. The van der Waals surface area contributed by atoms with Crippen LogP contribution in [0.1, 0.15) is 38.5 Å². The van der Waals surface area contributed by atoms with Gasteiger partial charge in [-0.05, 0) is 31.6 Å². The molecule has 4 heteroatoms. The van der Waals surface area contributed by atoms with Gasteiger partial charge in [0.2, 0.25) is 5.91 Å². The van der Waals surface area contributed by atoms with Gasteiger partial charge in [0.25, 0.3) is 0 Å². The number of nitrogens with one attached hydrogen (secondary N) is 1. The number of amides is 1. The largest absolute Gasteiger partial charge is 0.339 e. The number of carbonyl (C=O) groups is 1. The van der Waals surface area contributed by atoms with Crippen molar-refractivity contribution in [3.8, 4) is 0 Å². The van der Waals surface area contributed by atoms with E-state index in [1.165, 1.54) is 45.1 Å². The van der Waals surface area contributed by atoms with E-state index in [1.807, 2.05) is 4.90 Å². The molecule has 0 aromatic carbocycles. The molecule has 1 heterocycles. The predicted molar refractivity (Wildman–Crippen MR) is 76.0 cm³/mol. The van der Waals surface area contributed by atoms with E-state index >= 15 is 0 Å². The van der Waals surface area contributed by atoms with Crippen molar-refractivity contribution < 1.29 is 4.79 Å². The van der Waals surface area contributed by atoms with Crippen molar-refractivity contribution in [1.29, 1.82) is 0 Å². The van der Waals surface area contributed by atoms with E-state index in [2.05, 4.69) is 10.2 Å². The molecule has 4 nitrogen and oxygen atoms in total. The van der Waals surface area contributed by atoms with Gasteiger partial charge in [0.05, 0.1) is 6.54 Å². The van der Waals surface area contributed by atoms with Crippen LogP contribution in [0.2, 0.25) is 0 Å². The molecule has 3 fully saturated rings. The van der Waals surface area contributed by atoms with Crippen molar-refractivity contribution in [1.82, 2.24) is 15.1 Å². The summed E-state index contributed by atoms with van der Waals surface area (Å²) in [7, 11) is 0. The van der Waals surface area contributed by atoms with Crippen LogP contribution in [0, 0.1) is 5.92 Å². The van der Waals surface area contributed by atoms with E-state index in [9.17, 15) is 4.79 Å². The lowest BCUT2D eigenvalue weighted by molar-refractivity contribution is -0.132. The number of piperazine rings is 1. The highest BCUT2D eigenvalue weighted by Gasteiger charge is 2.27. The van der Waals surface area contributed by atoms with E-state index < -0.39 is 0 Å². The van der Waals surface area contributed by atoms with Gasteiger partial charge in [0, 0.05) is 38.8 Å². The minimum Gasteiger partial charge on any atom is -0.339 e. The fourth-order valence-electron chi connectivity index (χ4n) is 3.32. The summed E-state index contributed by atoms with van der Waals surface area (Å²) in [6.07, 6.45) is 8.00. The van der Waals surface area contributed by atoms with Crippen molar-refractivity contribution in [3.05, 3.63) is 0 Å².